The van der Waals surface area contributed by atoms with Crippen molar-refractivity contribution in [2.75, 3.05) is 46.2 Å². The van der Waals surface area contributed by atoms with Crippen molar-refractivity contribution in [2.24, 2.45) is 10.9 Å². The molecule has 2 aliphatic rings. The largest absolute Gasteiger partial charge is 0.388 e. The molecular weight excluding hydrogens is 548 g/mol. The number of aliphatic imine (C=N–C) groups is 1. The number of carbonyl (C=O) groups is 2. The van der Waals surface area contributed by atoms with Crippen molar-refractivity contribution in [3.63, 3.8) is 0 Å². The highest BCUT2D eigenvalue weighted by atomic mass is 35.5. The Labute approximate surface area is 257 Å². The lowest BCUT2D eigenvalue weighted by atomic mass is 9.96. The molecule has 2 amide bonds. The van der Waals surface area contributed by atoms with Gasteiger partial charge in [0.1, 0.15) is 0 Å². The number of methoxy groups -OCH3 is 1. The topological polar surface area (TPSA) is 74.2 Å². The molecule has 2 unspecified atom stereocenters. The van der Waals surface area contributed by atoms with Gasteiger partial charge in [-0.25, -0.2) is 0 Å². The number of anilines is 1. The van der Waals surface area contributed by atoms with Crippen LogP contribution in [0.15, 0.2) is 65.3 Å². The van der Waals surface area contributed by atoms with Crippen LogP contribution < -0.4 is 5.32 Å². The van der Waals surface area contributed by atoms with Crippen LogP contribution in [0.4, 0.5) is 5.69 Å². The molecule has 2 aromatic carbocycles. The first-order valence-electron chi connectivity index (χ1n) is 14.6. The van der Waals surface area contributed by atoms with E-state index in [9.17, 15) is 9.59 Å². The standard InChI is InChI=1S/C21H23ClN2O.C10H16N2O.C3H8O/c1-15-5-7-16(8-6-15)21-12-17(4-3-11-24(21)14-25)19-13-18(22)9-10-20(19)23-2;1-9-3-4-10(11-7-9)5-6-12(2)8-13;1-3-4-2/h5-10,12-14,21,23H,3-4,11H2,1-2H3;4,7-9H,3,5-6H2,1-2H3;3H2,1-2H3. The third kappa shape index (κ3) is 11.5. The molecular formula is C34H47ClN4O3. The molecule has 1 N–H and O–H groups in total. The molecule has 228 valence electrons. The average molecular weight is 595 g/mol. The van der Waals surface area contributed by atoms with Gasteiger partial charge in [0.15, 0.2) is 0 Å². The van der Waals surface area contributed by atoms with Gasteiger partial charge in [-0.05, 0) is 68.4 Å². The minimum atomic E-state index is -0.0562. The van der Waals surface area contributed by atoms with Gasteiger partial charge >= 0.3 is 0 Å². The first kappa shape index (κ1) is 34.8. The lowest BCUT2D eigenvalue weighted by molar-refractivity contribution is -0.119. The third-order valence-corrected chi connectivity index (χ3v) is 7.37. The van der Waals surface area contributed by atoms with Crippen LogP contribution in [0.1, 0.15) is 62.3 Å². The number of nitrogens with zero attached hydrogens (tertiary/aromatic N) is 3. The van der Waals surface area contributed by atoms with Gasteiger partial charge < -0.3 is 19.9 Å². The first-order valence-corrected chi connectivity index (χ1v) is 15.0. The summed E-state index contributed by atoms with van der Waals surface area (Å²) in [7, 11) is 5.38. The van der Waals surface area contributed by atoms with E-state index in [-0.39, 0.29) is 6.04 Å². The maximum absolute atomic E-state index is 11.6. The summed E-state index contributed by atoms with van der Waals surface area (Å²) in [6, 6.07) is 14.2. The van der Waals surface area contributed by atoms with Crippen molar-refractivity contribution in [2.45, 2.75) is 52.5 Å². The number of rotatable bonds is 9. The van der Waals surface area contributed by atoms with Gasteiger partial charge in [-0.2, -0.15) is 0 Å². The number of hydrogen-bond acceptors (Lipinski definition) is 5. The number of hydrogen-bond donors (Lipinski definition) is 1. The zero-order chi connectivity index (χ0) is 30.9. The number of nitrogens with one attached hydrogen (secondary N) is 1. The van der Waals surface area contributed by atoms with Gasteiger partial charge in [-0.1, -0.05) is 60.5 Å². The number of allylic oxidation sites excluding steroid dienone is 2. The fraction of sp³-hybridized carbons (Fsp3) is 0.441. The summed E-state index contributed by atoms with van der Waals surface area (Å²) in [5.74, 6) is 0.563. The molecule has 0 spiro atoms. The fourth-order valence-corrected chi connectivity index (χ4v) is 4.70. The van der Waals surface area contributed by atoms with Crippen LogP contribution in [0.5, 0.6) is 0 Å². The molecule has 2 aromatic rings. The fourth-order valence-electron chi connectivity index (χ4n) is 4.52. The molecule has 4 rings (SSSR count). The van der Waals surface area contributed by atoms with Gasteiger partial charge in [0, 0.05) is 75.5 Å². The molecule has 7 nitrogen and oxygen atoms in total. The maximum atomic E-state index is 11.6. The molecule has 0 aliphatic carbocycles. The van der Waals surface area contributed by atoms with Crippen molar-refractivity contribution in [3.8, 4) is 0 Å². The Hall–Kier alpha value is -3.42. The summed E-state index contributed by atoms with van der Waals surface area (Å²) >= 11 is 6.24. The quantitative estimate of drug-likeness (QED) is 0.312. The molecule has 0 saturated carbocycles. The second kappa shape index (κ2) is 18.9. The van der Waals surface area contributed by atoms with Crippen LogP contribution in [0.2, 0.25) is 5.02 Å². The Morgan fingerprint density at radius 1 is 1.19 bits per heavy atom. The van der Waals surface area contributed by atoms with Crippen LogP contribution in [0, 0.1) is 12.8 Å². The van der Waals surface area contributed by atoms with Crippen molar-refractivity contribution in [1.29, 1.82) is 0 Å². The first-order chi connectivity index (χ1) is 20.3. The van der Waals surface area contributed by atoms with Gasteiger partial charge in [0.25, 0.3) is 0 Å². The van der Waals surface area contributed by atoms with E-state index in [0.717, 1.165) is 85.7 Å². The Bertz CT molecular complexity index is 1210. The molecule has 42 heavy (non-hydrogen) atoms. The monoisotopic (exact) mass is 594 g/mol. The number of halogens is 1. The van der Waals surface area contributed by atoms with E-state index in [4.69, 9.17) is 11.6 Å². The summed E-state index contributed by atoms with van der Waals surface area (Å²) in [5.41, 5.74) is 6.84. The highest BCUT2D eigenvalue weighted by molar-refractivity contribution is 6.30. The summed E-state index contributed by atoms with van der Waals surface area (Å²) < 4.78 is 4.54. The average Bonchev–Trinajstić information content (AvgIpc) is 3.24. The Balaban J connectivity index is 0.000000303. The molecule has 8 heteroatoms. The van der Waals surface area contributed by atoms with Crippen LogP contribution in [-0.2, 0) is 14.3 Å². The van der Waals surface area contributed by atoms with Crippen molar-refractivity contribution in [3.05, 3.63) is 82.0 Å². The van der Waals surface area contributed by atoms with E-state index in [2.05, 4.69) is 65.3 Å². The summed E-state index contributed by atoms with van der Waals surface area (Å²) in [6.07, 6.45) is 11.9. The molecule has 0 aromatic heterocycles. The predicted octanol–water partition coefficient (Wildman–Crippen LogP) is 7.18. The van der Waals surface area contributed by atoms with Crippen LogP contribution >= 0.6 is 11.6 Å². The normalized spacial score (nSPS) is 17.7. The number of ether oxygens (including phenoxy) is 1. The van der Waals surface area contributed by atoms with Gasteiger partial charge in [0.2, 0.25) is 12.8 Å². The van der Waals surface area contributed by atoms with E-state index in [1.54, 1.807) is 19.1 Å². The smallest absolute Gasteiger partial charge is 0.210 e. The molecule has 0 saturated heterocycles. The highest BCUT2D eigenvalue weighted by Crippen LogP contribution is 2.36. The number of carbonyl (C=O) groups excluding carboxylic acids is 2. The lowest BCUT2D eigenvalue weighted by Crippen LogP contribution is -2.26. The zero-order valence-electron chi connectivity index (χ0n) is 26.0. The maximum Gasteiger partial charge on any atom is 0.210 e. The third-order valence-electron chi connectivity index (χ3n) is 7.14. The molecule has 2 atom stereocenters. The van der Waals surface area contributed by atoms with E-state index in [1.807, 2.05) is 43.3 Å². The van der Waals surface area contributed by atoms with E-state index >= 15 is 0 Å². The Morgan fingerprint density at radius 2 is 1.90 bits per heavy atom. The predicted molar refractivity (Wildman–Crippen MR) is 176 cm³/mol. The molecule has 2 heterocycles. The van der Waals surface area contributed by atoms with Crippen LogP contribution in [0.3, 0.4) is 0 Å². The van der Waals surface area contributed by atoms with Crippen LogP contribution in [0.25, 0.3) is 5.57 Å². The highest BCUT2D eigenvalue weighted by Gasteiger charge is 2.22. The van der Waals surface area contributed by atoms with Gasteiger partial charge in [0.05, 0.1) is 6.04 Å². The van der Waals surface area contributed by atoms with Crippen molar-refractivity contribution in [1.82, 2.24) is 9.80 Å². The number of aryl methyl sites for hydroxylation is 1. The minimum absolute atomic E-state index is 0.0562. The Morgan fingerprint density at radius 3 is 2.48 bits per heavy atom. The summed E-state index contributed by atoms with van der Waals surface area (Å²) in [5, 5.41) is 3.97. The molecule has 0 radical (unpaired) electrons. The van der Waals surface area contributed by atoms with Gasteiger partial charge in [-0.15, -0.1) is 0 Å². The van der Waals surface area contributed by atoms with Crippen molar-refractivity contribution >= 4 is 41.9 Å². The molecule has 0 fully saturated rings. The molecule has 0 bridgehead atoms. The summed E-state index contributed by atoms with van der Waals surface area (Å²) in [6.45, 7) is 8.49. The summed E-state index contributed by atoms with van der Waals surface area (Å²) in [4.78, 5) is 29.8. The lowest BCUT2D eigenvalue weighted by Gasteiger charge is -2.25. The second-order valence-corrected chi connectivity index (χ2v) is 11.0. The van der Waals surface area contributed by atoms with Crippen LogP contribution in [-0.4, -0.2) is 69.7 Å². The van der Waals surface area contributed by atoms with E-state index in [1.165, 1.54) is 11.1 Å². The number of benzene rings is 2. The number of amides is 2. The second-order valence-electron chi connectivity index (χ2n) is 10.5. The zero-order valence-corrected chi connectivity index (χ0v) is 26.7. The van der Waals surface area contributed by atoms with E-state index in [0.29, 0.717) is 5.92 Å². The Kier molecular flexibility index (Phi) is 15.7. The molecule has 2 aliphatic heterocycles. The van der Waals surface area contributed by atoms with E-state index < -0.39 is 0 Å². The SMILES string of the molecule is CC1C=NC(CCN(C)C=O)=CC1.CCOC.CNc1ccc(Cl)cc1C1=CC(c2ccc(C)cc2)N(C=O)CCC1. The van der Waals surface area contributed by atoms with Gasteiger partial charge in [-0.3, -0.25) is 14.6 Å². The van der Waals surface area contributed by atoms with Crippen molar-refractivity contribution < 1.29 is 14.3 Å². The minimum Gasteiger partial charge on any atom is -0.388 e.